The van der Waals surface area contributed by atoms with Crippen LogP contribution in [0.4, 0.5) is 0 Å². The van der Waals surface area contributed by atoms with Crippen LogP contribution in [0.25, 0.3) is 0 Å². The Bertz CT molecular complexity index is 491. The first kappa shape index (κ1) is 15.0. The van der Waals surface area contributed by atoms with Gasteiger partial charge in [-0.05, 0) is 24.3 Å². The van der Waals surface area contributed by atoms with Crippen molar-refractivity contribution < 1.29 is 14.3 Å². The molecular weight excluding hydrogens is 266 g/mol. The van der Waals surface area contributed by atoms with Gasteiger partial charge in [-0.3, -0.25) is 4.98 Å². The minimum atomic E-state index is -0.367. The number of esters is 1. The molecule has 0 aliphatic carbocycles. The molecule has 0 N–H and O–H groups in total. The number of carbonyl (C=O) groups excluding carboxylic acids is 1. The summed E-state index contributed by atoms with van der Waals surface area (Å²) in [5.74, 6) is 0.395. The first-order chi connectivity index (χ1) is 8.86. The van der Waals surface area contributed by atoms with Crippen molar-refractivity contribution in [1.82, 2.24) is 4.98 Å². The number of carbonyl (C=O) groups is 1. The zero-order valence-corrected chi connectivity index (χ0v) is 11.0. The van der Waals surface area contributed by atoms with Crippen LogP contribution in [0.1, 0.15) is 10.4 Å². The summed E-state index contributed by atoms with van der Waals surface area (Å²) < 4.78 is 10.5. The number of benzene rings is 1. The molecule has 0 spiro atoms. The second-order valence-corrected chi connectivity index (χ2v) is 3.53. The molecule has 0 saturated heterocycles. The molecule has 0 radical (unpaired) electrons. The van der Waals surface area contributed by atoms with E-state index in [1.54, 1.807) is 24.5 Å². The molecule has 1 aromatic carbocycles. The molecule has 0 bridgehead atoms. The smallest absolute Gasteiger partial charge is 0.338 e. The third kappa shape index (κ3) is 4.97. The molecule has 0 fully saturated rings. The number of nitrogens with zero attached hydrogens (tertiary/aromatic N) is 1. The molecule has 0 aliphatic rings. The SMILES string of the molecule is Cl.O=C(OCCOc1ccccc1)c1ccncc1. The maximum atomic E-state index is 11.6. The van der Waals surface area contributed by atoms with Gasteiger partial charge in [0.2, 0.25) is 0 Å². The Labute approximate surface area is 117 Å². The van der Waals surface area contributed by atoms with E-state index in [9.17, 15) is 4.79 Å². The monoisotopic (exact) mass is 279 g/mol. The van der Waals surface area contributed by atoms with Gasteiger partial charge in [0.25, 0.3) is 0 Å². The number of pyridine rings is 1. The van der Waals surface area contributed by atoms with Gasteiger partial charge in [0, 0.05) is 12.4 Å². The molecular formula is C14H14ClNO3. The molecule has 5 heteroatoms. The minimum absolute atomic E-state index is 0. The number of aromatic nitrogens is 1. The summed E-state index contributed by atoms with van der Waals surface area (Å²) >= 11 is 0. The highest BCUT2D eigenvalue weighted by molar-refractivity contribution is 5.89. The van der Waals surface area contributed by atoms with Gasteiger partial charge in [0.15, 0.2) is 0 Å². The lowest BCUT2D eigenvalue weighted by Gasteiger charge is -2.07. The molecule has 100 valence electrons. The number of hydrogen-bond donors (Lipinski definition) is 0. The lowest BCUT2D eigenvalue weighted by Crippen LogP contribution is -2.12. The Morgan fingerprint density at radius 2 is 1.68 bits per heavy atom. The van der Waals surface area contributed by atoms with Crippen molar-refractivity contribution in [3.63, 3.8) is 0 Å². The maximum Gasteiger partial charge on any atom is 0.338 e. The zero-order valence-electron chi connectivity index (χ0n) is 10.2. The molecule has 1 aromatic heterocycles. The van der Waals surface area contributed by atoms with Crippen LogP contribution in [0.3, 0.4) is 0 Å². The highest BCUT2D eigenvalue weighted by Gasteiger charge is 2.05. The van der Waals surface area contributed by atoms with Crippen molar-refractivity contribution in [1.29, 1.82) is 0 Å². The number of para-hydroxylation sites is 1. The van der Waals surface area contributed by atoms with Gasteiger partial charge < -0.3 is 9.47 Å². The summed E-state index contributed by atoms with van der Waals surface area (Å²) in [7, 11) is 0. The highest BCUT2D eigenvalue weighted by Crippen LogP contribution is 2.07. The van der Waals surface area contributed by atoms with Crippen LogP contribution in [0.2, 0.25) is 0 Å². The quantitative estimate of drug-likeness (QED) is 0.624. The standard InChI is InChI=1S/C14H13NO3.ClH/c16-14(12-6-8-15-9-7-12)18-11-10-17-13-4-2-1-3-5-13;/h1-9H,10-11H2;1H. The van der Waals surface area contributed by atoms with Crippen molar-refractivity contribution >= 4 is 18.4 Å². The molecule has 19 heavy (non-hydrogen) atoms. The second-order valence-electron chi connectivity index (χ2n) is 3.53. The molecule has 0 saturated carbocycles. The molecule has 4 nitrogen and oxygen atoms in total. The summed E-state index contributed by atoms with van der Waals surface area (Å²) in [4.78, 5) is 15.4. The van der Waals surface area contributed by atoms with Gasteiger partial charge in [-0.2, -0.15) is 0 Å². The number of rotatable bonds is 5. The van der Waals surface area contributed by atoms with Gasteiger partial charge >= 0.3 is 5.97 Å². The maximum absolute atomic E-state index is 11.6. The lowest BCUT2D eigenvalue weighted by molar-refractivity contribution is 0.0450. The van der Waals surface area contributed by atoms with E-state index in [0.717, 1.165) is 5.75 Å². The zero-order chi connectivity index (χ0) is 12.6. The van der Waals surface area contributed by atoms with Crippen molar-refractivity contribution in [3.8, 4) is 5.75 Å². The average Bonchev–Trinajstić information content (AvgIpc) is 2.45. The van der Waals surface area contributed by atoms with Crippen LogP contribution < -0.4 is 4.74 Å². The van der Waals surface area contributed by atoms with Crippen molar-refractivity contribution in [2.75, 3.05) is 13.2 Å². The molecule has 0 amide bonds. The first-order valence-corrected chi connectivity index (χ1v) is 5.61. The van der Waals surface area contributed by atoms with Crippen LogP contribution in [-0.2, 0) is 4.74 Å². The summed E-state index contributed by atoms with van der Waals surface area (Å²) in [5.41, 5.74) is 0.490. The average molecular weight is 280 g/mol. The molecule has 2 rings (SSSR count). The fraction of sp³-hybridized carbons (Fsp3) is 0.143. The van der Waals surface area contributed by atoms with Crippen LogP contribution >= 0.6 is 12.4 Å². The Morgan fingerprint density at radius 3 is 2.37 bits per heavy atom. The van der Waals surface area contributed by atoms with E-state index in [4.69, 9.17) is 9.47 Å². The largest absolute Gasteiger partial charge is 0.490 e. The third-order valence-electron chi connectivity index (χ3n) is 2.24. The third-order valence-corrected chi connectivity index (χ3v) is 2.24. The van der Waals surface area contributed by atoms with E-state index in [0.29, 0.717) is 12.2 Å². The van der Waals surface area contributed by atoms with Crippen LogP contribution in [0, 0.1) is 0 Å². The first-order valence-electron chi connectivity index (χ1n) is 5.61. The Kier molecular flexibility index (Phi) is 6.39. The van der Waals surface area contributed by atoms with E-state index >= 15 is 0 Å². The van der Waals surface area contributed by atoms with Gasteiger partial charge in [0.1, 0.15) is 19.0 Å². The predicted octanol–water partition coefficient (Wildman–Crippen LogP) is 2.74. The Hall–Kier alpha value is -2.07. The number of ether oxygens (including phenoxy) is 2. The number of halogens is 1. The molecule has 0 aliphatic heterocycles. The molecule has 0 unspecified atom stereocenters. The van der Waals surface area contributed by atoms with Crippen molar-refractivity contribution in [3.05, 3.63) is 60.4 Å². The lowest BCUT2D eigenvalue weighted by atomic mass is 10.3. The van der Waals surface area contributed by atoms with E-state index in [2.05, 4.69) is 4.98 Å². The molecule has 2 aromatic rings. The Balaban J connectivity index is 0.00000180. The van der Waals surface area contributed by atoms with Crippen LogP contribution in [-0.4, -0.2) is 24.2 Å². The van der Waals surface area contributed by atoms with Crippen LogP contribution in [0.15, 0.2) is 54.9 Å². The van der Waals surface area contributed by atoms with E-state index < -0.39 is 0 Å². The van der Waals surface area contributed by atoms with E-state index in [-0.39, 0.29) is 25.0 Å². The van der Waals surface area contributed by atoms with E-state index in [1.165, 1.54) is 0 Å². The fourth-order valence-electron chi connectivity index (χ4n) is 1.38. The second kappa shape index (κ2) is 8.11. The van der Waals surface area contributed by atoms with Gasteiger partial charge in [-0.1, -0.05) is 18.2 Å². The summed E-state index contributed by atoms with van der Waals surface area (Å²) in [6.07, 6.45) is 3.11. The predicted molar refractivity (Wildman–Crippen MR) is 73.7 cm³/mol. The van der Waals surface area contributed by atoms with Crippen molar-refractivity contribution in [2.45, 2.75) is 0 Å². The van der Waals surface area contributed by atoms with Crippen molar-refractivity contribution in [2.24, 2.45) is 0 Å². The minimum Gasteiger partial charge on any atom is -0.490 e. The van der Waals surface area contributed by atoms with E-state index in [1.807, 2.05) is 30.3 Å². The summed E-state index contributed by atoms with van der Waals surface area (Å²) in [6.45, 7) is 0.552. The topological polar surface area (TPSA) is 48.4 Å². The Morgan fingerprint density at radius 1 is 1.00 bits per heavy atom. The molecule has 1 heterocycles. The van der Waals surface area contributed by atoms with Crippen LogP contribution in [0.5, 0.6) is 5.75 Å². The fourth-order valence-corrected chi connectivity index (χ4v) is 1.38. The summed E-state index contributed by atoms with van der Waals surface area (Å²) in [6, 6.07) is 12.6. The normalized spacial score (nSPS) is 9.26. The highest BCUT2D eigenvalue weighted by atomic mass is 35.5. The number of hydrogen-bond acceptors (Lipinski definition) is 4. The van der Waals surface area contributed by atoms with Gasteiger partial charge in [0.05, 0.1) is 5.56 Å². The van der Waals surface area contributed by atoms with Gasteiger partial charge in [-0.15, -0.1) is 12.4 Å². The van der Waals surface area contributed by atoms with Gasteiger partial charge in [-0.25, -0.2) is 4.79 Å². The molecule has 0 atom stereocenters. The summed E-state index contributed by atoms with van der Waals surface area (Å²) in [5, 5.41) is 0.